The molecule has 1 aliphatic rings. The fraction of sp³-hybridized carbons (Fsp3) is 0.500. The lowest BCUT2D eigenvalue weighted by atomic mass is 10.2. The standard InChI is InChI=1S/C14H20N2O4S/c1-21(19,20)11-6-7-13(17)12(8-11)16-14(18)9-15-10-4-2-3-5-10/h6-8,10,15,17H,2-5,9H2,1H3,(H,16,18). The van der Waals surface area contributed by atoms with E-state index in [2.05, 4.69) is 10.6 Å². The first-order valence-electron chi connectivity index (χ1n) is 6.92. The third kappa shape index (κ3) is 4.44. The SMILES string of the molecule is CS(=O)(=O)c1ccc(O)c(NC(=O)CNC2CCCC2)c1. The van der Waals surface area contributed by atoms with Crippen molar-refractivity contribution in [1.82, 2.24) is 5.32 Å². The van der Waals surface area contributed by atoms with Crippen molar-refractivity contribution in [3.05, 3.63) is 18.2 Å². The summed E-state index contributed by atoms with van der Waals surface area (Å²) in [6.07, 6.45) is 5.57. The summed E-state index contributed by atoms with van der Waals surface area (Å²) < 4.78 is 23.0. The molecular formula is C14H20N2O4S. The van der Waals surface area contributed by atoms with E-state index in [-0.39, 0.29) is 28.8 Å². The van der Waals surface area contributed by atoms with E-state index in [1.807, 2.05) is 0 Å². The molecule has 1 amide bonds. The highest BCUT2D eigenvalue weighted by atomic mass is 32.2. The van der Waals surface area contributed by atoms with Gasteiger partial charge in [-0.25, -0.2) is 8.42 Å². The van der Waals surface area contributed by atoms with Crippen LogP contribution in [0.1, 0.15) is 25.7 Å². The second kappa shape index (κ2) is 6.44. The average molecular weight is 312 g/mol. The van der Waals surface area contributed by atoms with Gasteiger partial charge in [0.05, 0.1) is 17.1 Å². The van der Waals surface area contributed by atoms with Crippen LogP contribution in [0.4, 0.5) is 5.69 Å². The lowest BCUT2D eigenvalue weighted by Gasteiger charge is -2.13. The summed E-state index contributed by atoms with van der Waals surface area (Å²) in [5.41, 5.74) is 0.108. The molecule has 7 heteroatoms. The smallest absolute Gasteiger partial charge is 0.238 e. The highest BCUT2D eigenvalue weighted by molar-refractivity contribution is 7.90. The molecule has 116 valence electrons. The van der Waals surface area contributed by atoms with Crippen LogP contribution in [0.2, 0.25) is 0 Å². The number of hydrogen-bond acceptors (Lipinski definition) is 5. The number of carbonyl (C=O) groups excluding carboxylic acids is 1. The second-order valence-electron chi connectivity index (χ2n) is 5.36. The number of phenols is 1. The predicted octanol–water partition coefficient (Wildman–Crippen LogP) is 1.27. The topological polar surface area (TPSA) is 95.5 Å². The number of aromatic hydroxyl groups is 1. The van der Waals surface area contributed by atoms with Crippen LogP contribution in [0.25, 0.3) is 0 Å². The van der Waals surface area contributed by atoms with Crippen molar-refractivity contribution in [2.24, 2.45) is 0 Å². The molecular weight excluding hydrogens is 292 g/mol. The zero-order chi connectivity index (χ0) is 15.5. The van der Waals surface area contributed by atoms with E-state index in [4.69, 9.17) is 0 Å². The second-order valence-corrected chi connectivity index (χ2v) is 7.38. The van der Waals surface area contributed by atoms with Gasteiger partial charge in [0.2, 0.25) is 5.91 Å². The first-order chi connectivity index (χ1) is 9.86. The van der Waals surface area contributed by atoms with Gasteiger partial charge in [0.25, 0.3) is 0 Å². The van der Waals surface area contributed by atoms with Crippen LogP contribution in [0, 0.1) is 0 Å². The number of nitrogens with one attached hydrogen (secondary N) is 2. The van der Waals surface area contributed by atoms with Crippen molar-refractivity contribution in [2.75, 3.05) is 18.1 Å². The summed E-state index contributed by atoms with van der Waals surface area (Å²) in [7, 11) is -3.38. The monoisotopic (exact) mass is 312 g/mol. The molecule has 1 aliphatic carbocycles. The minimum Gasteiger partial charge on any atom is -0.506 e. The van der Waals surface area contributed by atoms with Crippen LogP contribution >= 0.6 is 0 Å². The molecule has 0 bridgehead atoms. The molecule has 1 aromatic rings. The molecule has 0 aliphatic heterocycles. The molecule has 0 aromatic heterocycles. The third-order valence-corrected chi connectivity index (χ3v) is 4.69. The Bertz CT molecular complexity index is 622. The number of anilines is 1. The van der Waals surface area contributed by atoms with E-state index >= 15 is 0 Å². The molecule has 0 atom stereocenters. The van der Waals surface area contributed by atoms with Crippen molar-refractivity contribution in [2.45, 2.75) is 36.6 Å². The van der Waals surface area contributed by atoms with Gasteiger partial charge in [-0.3, -0.25) is 4.79 Å². The minimum atomic E-state index is -3.38. The van der Waals surface area contributed by atoms with Gasteiger partial charge in [0.15, 0.2) is 9.84 Å². The normalized spacial score (nSPS) is 16.0. The van der Waals surface area contributed by atoms with E-state index in [1.54, 1.807) is 0 Å². The Morgan fingerprint density at radius 1 is 1.33 bits per heavy atom. The zero-order valence-electron chi connectivity index (χ0n) is 11.9. The Morgan fingerprint density at radius 2 is 2.00 bits per heavy atom. The van der Waals surface area contributed by atoms with Crippen LogP contribution in [-0.4, -0.2) is 38.3 Å². The molecule has 6 nitrogen and oxygen atoms in total. The zero-order valence-corrected chi connectivity index (χ0v) is 12.7. The first kappa shape index (κ1) is 15.8. The van der Waals surface area contributed by atoms with Crippen molar-refractivity contribution in [1.29, 1.82) is 0 Å². The molecule has 21 heavy (non-hydrogen) atoms. The summed E-state index contributed by atoms with van der Waals surface area (Å²) in [5.74, 6) is -0.459. The summed E-state index contributed by atoms with van der Waals surface area (Å²) in [4.78, 5) is 11.9. The van der Waals surface area contributed by atoms with Crippen molar-refractivity contribution in [3.8, 4) is 5.75 Å². The van der Waals surface area contributed by atoms with Gasteiger partial charge in [-0.1, -0.05) is 12.8 Å². The summed E-state index contributed by atoms with van der Waals surface area (Å²) in [6, 6.07) is 4.19. The summed E-state index contributed by atoms with van der Waals surface area (Å²) in [6.45, 7) is 0.146. The predicted molar refractivity (Wildman–Crippen MR) is 80.1 cm³/mol. The number of sulfone groups is 1. The Morgan fingerprint density at radius 3 is 2.62 bits per heavy atom. The van der Waals surface area contributed by atoms with E-state index in [9.17, 15) is 18.3 Å². The average Bonchev–Trinajstić information content (AvgIpc) is 2.91. The van der Waals surface area contributed by atoms with Crippen molar-refractivity contribution < 1.29 is 18.3 Å². The number of hydrogen-bond donors (Lipinski definition) is 3. The van der Waals surface area contributed by atoms with E-state index in [0.29, 0.717) is 6.04 Å². The Kier molecular flexibility index (Phi) is 4.84. The van der Waals surface area contributed by atoms with Crippen LogP contribution in [0.15, 0.2) is 23.1 Å². The molecule has 0 saturated heterocycles. The quantitative estimate of drug-likeness (QED) is 0.712. The van der Waals surface area contributed by atoms with E-state index in [1.165, 1.54) is 31.0 Å². The van der Waals surface area contributed by atoms with Gasteiger partial charge < -0.3 is 15.7 Å². The molecule has 3 N–H and O–H groups in total. The highest BCUT2D eigenvalue weighted by Crippen LogP contribution is 2.26. The first-order valence-corrected chi connectivity index (χ1v) is 8.82. The molecule has 0 radical (unpaired) electrons. The Labute approximate surface area is 124 Å². The summed E-state index contributed by atoms with van der Waals surface area (Å²) >= 11 is 0. The van der Waals surface area contributed by atoms with Gasteiger partial charge in [0, 0.05) is 12.3 Å². The van der Waals surface area contributed by atoms with Crippen LogP contribution < -0.4 is 10.6 Å². The number of rotatable bonds is 5. The largest absolute Gasteiger partial charge is 0.506 e. The maximum Gasteiger partial charge on any atom is 0.238 e. The van der Waals surface area contributed by atoms with Gasteiger partial charge in [0.1, 0.15) is 5.75 Å². The van der Waals surface area contributed by atoms with Crippen LogP contribution in [0.3, 0.4) is 0 Å². The third-order valence-electron chi connectivity index (χ3n) is 3.58. The fourth-order valence-electron chi connectivity index (χ4n) is 2.41. The highest BCUT2D eigenvalue weighted by Gasteiger charge is 2.16. The molecule has 0 heterocycles. The molecule has 1 fully saturated rings. The van der Waals surface area contributed by atoms with E-state index in [0.717, 1.165) is 19.1 Å². The van der Waals surface area contributed by atoms with Crippen molar-refractivity contribution >= 4 is 21.4 Å². The molecule has 2 rings (SSSR count). The number of benzene rings is 1. The van der Waals surface area contributed by atoms with Gasteiger partial charge in [-0.15, -0.1) is 0 Å². The fourth-order valence-corrected chi connectivity index (χ4v) is 3.05. The van der Waals surface area contributed by atoms with Crippen LogP contribution in [0.5, 0.6) is 5.75 Å². The molecule has 0 unspecified atom stereocenters. The minimum absolute atomic E-state index is 0.0550. The molecule has 1 aromatic carbocycles. The maximum absolute atomic E-state index is 11.8. The number of carbonyl (C=O) groups is 1. The van der Waals surface area contributed by atoms with Gasteiger partial charge in [-0.05, 0) is 31.0 Å². The molecule has 1 saturated carbocycles. The van der Waals surface area contributed by atoms with Gasteiger partial charge in [-0.2, -0.15) is 0 Å². The van der Waals surface area contributed by atoms with Crippen molar-refractivity contribution in [3.63, 3.8) is 0 Å². The molecule has 0 spiro atoms. The number of phenolic OH excluding ortho intramolecular Hbond substituents is 1. The summed E-state index contributed by atoms with van der Waals surface area (Å²) in [5, 5.41) is 15.4. The lowest BCUT2D eigenvalue weighted by molar-refractivity contribution is -0.115. The maximum atomic E-state index is 11.8. The Hall–Kier alpha value is -1.60. The van der Waals surface area contributed by atoms with Gasteiger partial charge >= 0.3 is 0 Å². The number of amides is 1. The van der Waals surface area contributed by atoms with E-state index < -0.39 is 9.84 Å². The van der Waals surface area contributed by atoms with Crippen LogP contribution in [-0.2, 0) is 14.6 Å². The lowest BCUT2D eigenvalue weighted by Crippen LogP contribution is -2.34. The Balaban J connectivity index is 1.99.